The lowest BCUT2D eigenvalue weighted by Crippen LogP contribution is -2.25. The molecule has 0 radical (unpaired) electrons. The van der Waals surface area contributed by atoms with Crippen molar-refractivity contribution >= 4 is 10.0 Å². The third kappa shape index (κ3) is 3.06. The van der Waals surface area contributed by atoms with Crippen LogP contribution in [0.1, 0.15) is 18.6 Å². The van der Waals surface area contributed by atoms with Crippen LogP contribution in [0.2, 0.25) is 0 Å². The van der Waals surface area contributed by atoms with Gasteiger partial charge in [-0.1, -0.05) is 0 Å². The lowest BCUT2D eigenvalue weighted by molar-refractivity contribution is 0.206. The van der Waals surface area contributed by atoms with Crippen molar-refractivity contribution in [1.82, 2.24) is 5.32 Å². The lowest BCUT2D eigenvalue weighted by atomic mass is 10.1. The Balaban J connectivity index is 1.86. The van der Waals surface area contributed by atoms with Crippen molar-refractivity contribution < 1.29 is 17.9 Å². The van der Waals surface area contributed by atoms with Crippen molar-refractivity contribution in [3.05, 3.63) is 17.9 Å². The highest BCUT2D eigenvalue weighted by Crippen LogP contribution is 2.44. The first-order valence-electron chi connectivity index (χ1n) is 5.38. The normalized spacial score (nSPS) is 18.2. The molecule has 1 fully saturated rings. The second-order valence-corrected chi connectivity index (χ2v) is 6.02. The van der Waals surface area contributed by atoms with Gasteiger partial charge in [0.15, 0.2) is 0 Å². The van der Waals surface area contributed by atoms with Crippen molar-refractivity contribution in [3.63, 3.8) is 0 Å². The second kappa shape index (κ2) is 4.41. The molecular weight excluding hydrogens is 244 g/mol. The number of hydrogen-bond donors (Lipinski definition) is 3. The lowest BCUT2D eigenvalue weighted by Gasteiger charge is -2.11. The van der Waals surface area contributed by atoms with Gasteiger partial charge in [-0.25, -0.2) is 13.6 Å². The van der Waals surface area contributed by atoms with Crippen molar-refractivity contribution in [3.8, 4) is 0 Å². The largest absolute Gasteiger partial charge is 0.447 e. The second-order valence-electron chi connectivity index (χ2n) is 4.53. The van der Waals surface area contributed by atoms with Gasteiger partial charge < -0.3 is 14.8 Å². The van der Waals surface area contributed by atoms with E-state index >= 15 is 0 Å². The summed E-state index contributed by atoms with van der Waals surface area (Å²) in [6.45, 7) is 1.31. The first kappa shape index (κ1) is 12.6. The Kier molecular flexibility index (Phi) is 3.26. The molecule has 0 amide bonds. The van der Waals surface area contributed by atoms with Gasteiger partial charge in [0.05, 0.1) is 6.54 Å². The summed E-state index contributed by atoms with van der Waals surface area (Å²) in [6.07, 6.45) is 2.05. The Morgan fingerprint density at radius 1 is 1.47 bits per heavy atom. The van der Waals surface area contributed by atoms with Crippen LogP contribution in [-0.2, 0) is 16.6 Å². The molecular formula is C10H16N2O4S. The zero-order valence-corrected chi connectivity index (χ0v) is 10.2. The van der Waals surface area contributed by atoms with E-state index in [-0.39, 0.29) is 17.1 Å². The zero-order chi connectivity index (χ0) is 12.5. The Labute approximate surface area is 99.9 Å². The quantitative estimate of drug-likeness (QED) is 0.656. The first-order chi connectivity index (χ1) is 7.95. The Morgan fingerprint density at radius 2 is 2.18 bits per heavy atom. The standard InChI is InChI=1S/C10H16N2O4S/c11-17(14,15)9-2-1-8(16-9)5-12-6-10(7-13)3-4-10/h1-2,12-13H,3-7H2,(H2,11,14,15). The highest BCUT2D eigenvalue weighted by molar-refractivity contribution is 7.89. The number of furan rings is 1. The average molecular weight is 260 g/mol. The molecule has 1 saturated carbocycles. The summed E-state index contributed by atoms with van der Waals surface area (Å²) >= 11 is 0. The Hall–Kier alpha value is -0.890. The fourth-order valence-electron chi connectivity index (χ4n) is 1.62. The van der Waals surface area contributed by atoms with Gasteiger partial charge in [0.1, 0.15) is 5.76 Å². The summed E-state index contributed by atoms with van der Waals surface area (Å²) in [7, 11) is -3.76. The van der Waals surface area contributed by atoms with Gasteiger partial charge in [-0.15, -0.1) is 0 Å². The van der Waals surface area contributed by atoms with Crippen LogP contribution in [0.3, 0.4) is 0 Å². The van der Waals surface area contributed by atoms with E-state index in [0.29, 0.717) is 18.8 Å². The fourth-order valence-corrected chi connectivity index (χ4v) is 2.11. The summed E-state index contributed by atoms with van der Waals surface area (Å²) in [5.74, 6) is 0.516. The monoisotopic (exact) mass is 260 g/mol. The highest BCUT2D eigenvalue weighted by Gasteiger charge is 2.41. The molecule has 1 aliphatic rings. The maximum atomic E-state index is 11.0. The Morgan fingerprint density at radius 3 is 2.65 bits per heavy atom. The molecule has 96 valence electrons. The van der Waals surface area contributed by atoms with Crippen LogP contribution in [0.15, 0.2) is 21.6 Å². The number of nitrogens with two attached hydrogens (primary N) is 1. The number of sulfonamides is 1. The third-order valence-electron chi connectivity index (χ3n) is 3.01. The van der Waals surface area contributed by atoms with E-state index in [2.05, 4.69) is 5.32 Å². The smallest absolute Gasteiger partial charge is 0.271 e. The predicted octanol–water partition coefficient (Wildman–Crippen LogP) is -0.211. The van der Waals surface area contributed by atoms with Crippen LogP contribution < -0.4 is 10.5 Å². The maximum absolute atomic E-state index is 11.0. The molecule has 2 rings (SSSR count). The number of nitrogens with one attached hydrogen (secondary N) is 1. The van der Waals surface area contributed by atoms with Gasteiger partial charge in [0.2, 0.25) is 5.09 Å². The third-order valence-corrected chi connectivity index (χ3v) is 3.79. The van der Waals surface area contributed by atoms with Gasteiger partial charge >= 0.3 is 0 Å². The molecule has 17 heavy (non-hydrogen) atoms. The minimum absolute atomic E-state index is 0.0232. The summed E-state index contributed by atoms with van der Waals surface area (Å²) in [5.41, 5.74) is 0.0232. The molecule has 0 unspecified atom stereocenters. The molecule has 0 aliphatic heterocycles. The topological polar surface area (TPSA) is 106 Å². The minimum Gasteiger partial charge on any atom is -0.447 e. The summed E-state index contributed by atoms with van der Waals surface area (Å²) in [6, 6.07) is 2.91. The molecule has 1 heterocycles. The fraction of sp³-hybridized carbons (Fsp3) is 0.600. The molecule has 0 bridgehead atoms. The molecule has 0 spiro atoms. The van der Waals surface area contributed by atoms with E-state index in [4.69, 9.17) is 14.7 Å². The van der Waals surface area contributed by atoms with Crippen molar-refractivity contribution in [1.29, 1.82) is 0 Å². The molecule has 1 aromatic rings. The SMILES string of the molecule is NS(=O)(=O)c1ccc(CNCC2(CO)CC2)o1. The van der Waals surface area contributed by atoms with Crippen LogP contribution in [-0.4, -0.2) is 26.7 Å². The molecule has 1 aliphatic carbocycles. The van der Waals surface area contributed by atoms with E-state index in [1.807, 2.05) is 0 Å². The number of rotatable bonds is 6. The van der Waals surface area contributed by atoms with Gasteiger partial charge in [0, 0.05) is 18.6 Å². The molecule has 1 aromatic heterocycles. The first-order valence-corrected chi connectivity index (χ1v) is 6.93. The van der Waals surface area contributed by atoms with E-state index in [1.165, 1.54) is 6.07 Å². The summed E-state index contributed by atoms with van der Waals surface area (Å²) < 4.78 is 27.0. The van der Waals surface area contributed by atoms with Crippen LogP contribution in [0.5, 0.6) is 0 Å². The zero-order valence-electron chi connectivity index (χ0n) is 9.35. The van der Waals surface area contributed by atoms with Gasteiger partial charge in [-0.3, -0.25) is 0 Å². The van der Waals surface area contributed by atoms with Crippen LogP contribution in [0, 0.1) is 5.41 Å². The summed E-state index contributed by atoms with van der Waals surface area (Å²) in [4.78, 5) is 0. The van der Waals surface area contributed by atoms with Crippen LogP contribution >= 0.6 is 0 Å². The highest BCUT2D eigenvalue weighted by atomic mass is 32.2. The summed E-state index contributed by atoms with van der Waals surface area (Å²) in [5, 5.41) is 16.9. The minimum atomic E-state index is -3.76. The predicted molar refractivity (Wildman–Crippen MR) is 60.5 cm³/mol. The van der Waals surface area contributed by atoms with Crippen LogP contribution in [0.25, 0.3) is 0 Å². The number of hydrogen-bond acceptors (Lipinski definition) is 5. The number of primary sulfonamides is 1. The van der Waals surface area contributed by atoms with E-state index in [9.17, 15) is 8.42 Å². The molecule has 0 aromatic carbocycles. The van der Waals surface area contributed by atoms with Crippen molar-refractivity contribution in [2.75, 3.05) is 13.2 Å². The van der Waals surface area contributed by atoms with Crippen molar-refractivity contribution in [2.45, 2.75) is 24.5 Å². The van der Waals surface area contributed by atoms with Gasteiger partial charge in [-0.2, -0.15) is 0 Å². The molecule has 6 nitrogen and oxygen atoms in total. The van der Waals surface area contributed by atoms with E-state index < -0.39 is 10.0 Å². The molecule has 4 N–H and O–H groups in total. The van der Waals surface area contributed by atoms with Gasteiger partial charge in [0.25, 0.3) is 10.0 Å². The maximum Gasteiger partial charge on any atom is 0.271 e. The number of aliphatic hydroxyl groups excluding tert-OH is 1. The van der Waals surface area contributed by atoms with Crippen molar-refractivity contribution in [2.24, 2.45) is 10.6 Å². The molecule has 0 saturated heterocycles. The number of aliphatic hydroxyl groups is 1. The van der Waals surface area contributed by atoms with E-state index in [1.54, 1.807) is 6.07 Å². The Bertz CT molecular complexity index is 490. The van der Waals surface area contributed by atoms with E-state index in [0.717, 1.165) is 12.8 Å². The molecule has 0 atom stereocenters. The molecule has 7 heteroatoms. The van der Waals surface area contributed by atoms with Crippen LogP contribution in [0.4, 0.5) is 0 Å². The average Bonchev–Trinajstić information content (AvgIpc) is 2.86. The van der Waals surface area contributed by atoms with Gasteiger partial charge in [-0.05, 0) is 25.0 Å².